The van der Waals surface area contributed by atoms with Crippen molar-refractivity contribution in [3.05, 3.63) is 22.4 Å². The first-order chi connectivity index (χ1) is 7.81. The Kier molecular flexibility index (Phi) is 3.17. The van der Waals surface area contributed by atoms with E-state index in [4.69, 9.17) is 5.73 Å². The fourth-order valence-electron chi connectivity index (χ4n) is 1.50. The van der Waals surface area contributed by atoms with E-state index in [9.17, 15) is 12.8 Å². The maximum absolute atomic E-state index is 13.6. The van der Waals surface area contributed by atoms with Gasteiger partial charge in [0.15, 0.2) is 0 Å². The Morgan fingerprint density at radius 3 is 2.65 bits per heavy atom. The predicted molar refractivity (Wildman–Crippen MR) is 66.4 cm³/mol. The lowest BCUT2D eigenvalue weighted by molar-refractivity contribution is 0.554. The van der Waals surface area contributed by atoms with E-state index in [0.717, 1.165) is 18.6 Å². The molecule has 2 rings (SSSR count). The number of anilines is 1. The van der Waals surface area contributed by atoms with E-state index in [1.54, 1.807) is 0 Å². The summed E-state index contributed by atoms with van der Waals surface area (Å²) in [5, 5.41) is 0. The topological polar surface area (TPSA) is 72.2 Å². The van der Waals surface area contributed by atoms with Gasteiger partial charge in [-0.3, -0.25) is 0 Å². The Morgan fingerprint density at radius 1 is 1.53 bits per heavy atom. The second-order valence-electron chi connectivity index (χ2n) is 4.24. The van der Waals surface area contributed by atoms with E-state index in [1.807, 2.05) is 6.92 Å². The van der Waals surface area contributed by atoms with Gasteiger partial charge < -0.3 is 5.73 Å². The Labute approximate surface area is 108 Å². The third-order valence-corrected chi connectivity index (χ3v) is 4.95. The molecule has 0 amide bonds. The molecular formula is C10H12BrFN2O2S. The SMILES string of the molecule is CC1CC1NS(=O)(=O)c1cc(N)c(Br)cc1F. The maximum Gasteiger partial charge on any atom is 0.243 e. The van der Waals surface area contributed by atoms with Crippen molar-refractivity contribution in [2.75, 3.05) is 5.73 Å². The van der Waals surface area contributed by atoms with Crippen LogP contribution in [0.1, 0.15) is 13.3 Å². The molecular weight excluding hydrogens is 311 g/mol. The second kappa shape index (κ2) is 4.22. The van der Waals surface area contributed by atoms with Crippen LogP contribution in [0.5, 0.6) is 0 Å². The van der Waals surface area contributed by atoms with Gasteiger partial charge >= 0.3 is 0 Å². The van der Waals surface area contributed by atoms with Crippen LogP contribution in [-0.2, 0) is 10.0 Å². The summed E-state index contributed by atoms with van der Waals surface area (Å²) in [6, 6.07) is 2.08. The zero-order valence-electron chi connectivity index (χ0n) is 9.07. The quantitative estimate of drug-likeness (QED) is 0.834. The second-order valence-corrected chi connectivity index (χ2v) is 6.78. The molecule has 1 aromatic carbocycles. The molecule has 0 spiro atoms. The third-order valence-electron chi connectivity index (χ3n) is 2.76. The highest BCUT2D eigenvalue weighted by atomic mass is 79.9. The summed E-state index contributed by atoms with van der Waals surface area (Å²) < 4.78 is 40.2. The van der Waals surface area contributed by atoms with E-state index in [2.05, 4.69) is 20.7 Å². The van der Waals surface area contributed by atoms with Gasteiger partial charge in [0.1, 0.15) is 10.7 Å². The average Bonchev–Trinajstić information content (AvgIpc) is 2.86. The first-order valence-corrected chi connectivity index (χ1v) is 7.35. The summed E-state index contributed by atoms with van der Waals surface area (Å²) in [5.41, 5.74) is 5.74. The Hall–Kier alpha value is -0.660. The fraction of sp³-hybridized carbons (Fsp3) is 0.400. The van der Waals surface area contributed by atoms with Crippen LogP contribution in [0, 0.1) is 11.7 Å². The normalized spacial score (nSPS) is 23.7. The minimum Gasteiger partial charge on any atom is -0.398 e. The molecule has 0 bridgehead atoms. The van der Waals surface area contributed by atoms with E-state index >= 15 is 0 Å². The lowest BCUT2D eigenvalue weighted by Gasteiger charge is -2.08. The van der Waals surface area contributed by atoms with Crippen LogP contribution in [0.4, 0.5) is 10.1 Å². The summed E-state index contributed by atoms with van der Waals surface area (Å²) in [6.45, 7) is 1.93. The number of sulfonamides is 1. The molecule has 94 valence electrons. The third kappa shape index (κ3) is 2.61. The number of benzene rings is 1. The molecule has 1 aromatic rings. The highest BCUT2D eigenvalue weighted by molar-refractivity contribution is 9.10. The lowest BCUT2D eigenvalue weighted by atomic mass is 10.3. The Bertz CT molecular complexity index is 562. The zero-order valence-corrected chi connectivity index (χ0v) is 11.5. The molecule has 0 aliphatic heterocycles. The average molecular weight is 323 g/mol. The number of hydrogen-bond acceptors (Lipinski definition) is 3. The number of nitrogens with two attached hydrogens (primary N) is 1. The molecule has 0 radical (unpaired) electrons. The maximum atomic E-state index is 13.6. The predicted octanol–water partition coefficient (Wildman–Crippen LogP) is 1.86. The zero-order chi connectivity index (χ0) is 12.8. The van der Waals surface area contributed by atoms with Crippen LogP contribution in [0.2, 0.25) is 0 Å². The molecule has 2 atom stereocenters. The fourth-order valence-corrected chi connectivity index (χ4v) is 3.27. The summed E-state index contributed by atoms with van der Waals surface area (Å²) in [7, 11) is -3.83. The van der Waals surface area contributed by atoms with Crippen LogP contribution in [0.15, 0.2) is 21.5 Å². The van der Waals surface area contributed by atoms with Crippen molar-refractivity contribution in [1.82, 2.24) is 4.72 Å². The summed E-state index contributed by atoms with van der Waals surface area (Å²) in [6.07, 6.45) is 0.785. The number of nitrogen functional groups attached to an aromatic ring is 1. The molecule has 0 aromatic heterocycles. The number of hydrogen-bond donors (Lipinski definition) is 2. The molecule has 0 heterocycles. The van der Waals surface area contributed by atoms with Gasteiger partial charge in [0, 0.05) is 16.2 Å². The molecule has 2 unspecified atom stereocenters. The summed E-state index contributed by atoms with van der Waals surface area (Å²) in [4.78, 5) is -0.405. The Balaban J connectivity index is 2.35. The minimum absolute atomic E-state index is 0.0933. The number of rotatable bonds is 3. The number of halogens is 2. The van der Waals surface area contributed by atoms with Crippen LogP contribution in [0.3, 0.4) is 0 Å². The largest absolute Gasteiger partial charge is 0.398 e. The highest BCUT2D eigenvalue weighted by Crippen LogP contribution is 2.32. The monoisotopic (exact) mass is 322 g/mol. The van der Waals surface area contributed by atoms with Gasteiger partial charge in [0.25, 0.3) is 0 Å². The molecule has 3 N–H and O–H groups in total. The van der Waals surface area contributed by atoms with Crippen molar-refractivity contribution in [2.45, 2.75) is 24.3 Å². The van der Waals surface area contributed by atoms with Crippen LogP contribution < -0.4 is 10.5 Å². The smallest absolute Gasteiger partial charge is 0.243 e. The van der Waals surface area contributed by atoms with E-state index in [-0.39, 0.29) is 11.7 Å². The summed E-state index contributed by atoms with van der Waals surface area (Å²) >= 11 is 3.04. The van der Waals surface area contributed by atoms with E-state index < -0.39 is 20.7 Å². The van der Waals surface area contributed by atoms with Crippen molar-refractivity contribution >= 4 is 31.6 Å². The standard InChI is InChI=1S/C10H12BrFN2O2S/c1-5-2-9(5)14-17(15,16)10-4-8(13)6(11)3-7(10)12/h3-5,9,14H,2,13H2,1H3. The van der Waals surface area contributed by atoms with Crippen LogP contribution in [-0.4, -0.2) is 14.5 Å². The van der Waals surface area contributed by atoms with Crippen molar-refractivity contribution in [2.24, 2.45) is 5.92 Å². The minimum atomic E-state index is -3.83. The molecule has 7 heteroatoms. The van der Waals surface area contributed by atoms with Crippen molar-refractivity contribution in [3.63, 3.8) is 0 Å². The molecule has 1 aliphatic carbocycles. The van der Waals surface area contributed by atoms with Crippen molar-refractivity contribution < 1.29 is 12.8 Å². The molecule has 1 aliphatic rings. The molecule has 1 saturated carbocycles. The highest BCUT2D eigenvalue weighted by Gasteiger charge is 2.37. The van der Waals surface area contributed by atoms with E-state index in [1.165, 1.54) is 0 Å². The molecule has 17 heavy (non-hydrogen) atoms. The van der Waals surface area contributed by atoms with Gasteiger partial charge in [-0.25, -0.2) is 17.5 Å². The van der Waals surface area contributed by atoms with Crippen LogP contribution >= 0.6 is 15.9 Å². The first-order valence-electron chi connectivity index (χ1n) is 5.08. The van der Waals surface area contributed by atoms with Gasteiger partial charge in [-0.15, -0.1) is 0 Å². The van der Waals surface area contributed by atoms with E-state index in [0.29, 0.717) is 10.4 Å². The van der Waals surface area contributed by atoms with Crippen molar-refractivity contribution in [1.29, 1.82) is 0 Å². The van der Waals surface area contributed by atoms with Gasteiger partial charge in [-0.1, -0.05) is 6.92 Å². The van der Waals surface area contributed by atoms with Gasteiger partial charge in [0.05, 0.1) is 0 Å². The summed E-state index contributed by atoms with van der Waals surface area (Å²) in [5.74, 6) is -0.507. The van der Waals surface area contributed by atoms with Crippen LogP contribution in [0.25, 0.3) is 0 Å². The van der Waals surface area contributed by atoms with Crippen molar-refractivity contribution in [3.8, 4) is 0 Å². The number of nitrogens with one attached hydrogen (secondary N) is 1. The lowest BCUT2D eigenvalue weighted by Crippen LogP contribution is -2.27. The Morgan fingerprint density at radius 2 is 2.12 bits per heavy atom. The molecule has 4 nitrogen and oxygen atoms in total. The van der Waals surface area contributed by atoms with Gasteiger partial charge in [0.2, 0.25) is 10.0 Å². The molecule has 0 saturated heterocycles. The first kappa shape index (κ1) is 12.8. The molecule has 1 fully saturated rings. The van der Waals surface area contributed by atoms with Gasteiger partial charge in [-0.2, -0.15) is 0 Å². The van der Waals surface area contributed by atoms with Gasteiger partial charge in [-0.05, 0) is 40.4 Å².